The van der Waals surface area contributed by atoms with E-state index in [0.717, 1.165) is 11.8 Å². The van der Waals surface area contributed by atoms with Gasteiger partial charge in [0.05, 0.1) is 22.8 Å². The molecule has 0 saturated heterocycles. The van der Waals surface area contributed by atoms with E-state index in [-0.39, 0.29) is 29.5 Å². The molecule has 1 aromatic heterocycles. The molecular formula is C20H19FN6O4S. The van der Waals surface area contributed by atoms with E-state index in [9.17, 15) is 24.1 Å². The van der Waals surface area contributed by atoms with Gasteiger partial charge in [0.1, 0.15) is 5.82 Å². The largest absolute Gasteiger partial charge is 0.345 e. The minimum atomic E-state index is -0.617. The summed E-state index contributed by atoms with van der Waals surface area (Å²) in [5.74, 6) is -1.04. The molecule has 10 nitrogen and oxygen atoms in total. The molecule has 0 spiro atoms. The van der Waals surface area contributed by atoms with Gasteiger partial charge in [-0.15, -0.1) is 10.2 Å². The smallest absolute Gasteiger partial charge is 0.269 e. The molecule has 166 valence electrons. The molecular weight excluding hydrogens is 439 g/mol. The third kappa shape index (κ3) is 5.46. The second-order valence-corrected chi connectivity index (χ2v) is 7.66. The number of nitro groups is 1. The van der Waals surface area contributed by atoms with E-state index < -0.39 is 16.6 Å². The number of aryl methyl sites for hydroxylation is 1. The van der Waals surface area contributed by atoms with Gasteiger partial charge >= 0.3 is 0 Å². The number of aromatic nitrogens is 3. The number of thioether (sulfide) groups is 1. The molecule has 1 heterocycles. The van der Waals surface area contributed by atoms with E-state index in [4.69, 9.17) is 0 Å². The Balaban J connectivity index is 1.54. The van der Waals surface area contributed by atoms with Crippen LogP contribution in [0.15, 0.2) is 47.6 Å². The van der Waals surface area contributed by atoms with E-state index in [1.165, 1.54) is 36.4 Å². The number of nitrogens with zero attached hydrogens (tertiary/aromatic N) is 4. The van der Waals surface area contributed by atoms with Gasteiger partial charge in [-0.3, -0.25) is 19.7 Å². The standard InChI is InChI=1S/C20H19FN6O4S/c1-12-9-13(27(30)31)7-8-16(12)23-18(28)11-32-20-25-24-17(26(20)2)10-22-19(29)14-5-3-4-6-15(14)21/h3-9H,10-11H2,1-2H3,(H,22,29)(H,23,28). The highest BCUT2D eigenvalue weighted by Crippen LogP contribution is 2.22. The Morgan fingerprint density at radius 1 is 1.22 bits per heavy atom. The van der Waals surface area contributed by atoms with E-state index in [1.807, 2.05) is 0 Å². The van der Waals surface area contributed by atoms with Gasteiger partial charge in [0.15, 0.2) is 11.0 Å². The van der Waals surface area contributed by atoms with Crippen molar-refractivity contribution in [2.45, 2.75) is 18.6 Å². The number of carbonyl (C=O) groups is 2. The molecule has 0 saturated carbocycles. The molecule has 3 aromatic rings. The van der Waals surface area contributed by atoms with Gasteiger partial charge in [-0.2, -0.15) is 0 Å². The van der Waals surface area contributed by atoms with Crippen LogP contribution in [-0.4, -0.2) is 37.3 Å². The Morgan fingerprint density at radius 3 is 2.66 bits per heavy atom. The summed E-state index contributed by atoms with van der Waals surface area (Å²) >= 11 is 1.14. The van der Waals surface area contributed by atoms with E-state index in [1.54, 1.807) is 24.6 Å². The van der Waals surface area contributed by atoms with Crippen molar-refractivity contribution in [2.24, 2.45) is 7.05 Å². The van der Waals surface area contributed by atoms with Crippen LogP contribution in [0, 0.1) is 22.9 Å². The number of benzene rings is 2. The zero-order valence-corrected chi connectivity index (χ0v) is 18.0. The maximum atomic E-state index is 13.7. The van der Waals surface area contributed by atoms with Crippen molar-refractivity contribution in [1.29, 1.82) is 0 Å². The number of nitro benzene ring substituents is 1. The lowest BCUT2D eigenvalue weighted by Crippen LogP contribution is -2.25. The monoisotopic (exact) mass is 458 g/mol. The van der Waals surface area contributed by atoms with E-state index >= 15 is 0 Å². The van der Waals surface area contributed by atoms with Crippen LogP contribution in [0.1, 0.15) is 21.7 Å². The molecule has 2 amide bonds. The SMILES string of the molecule is Cc1cc([N+](=O)[O-])ccc1NC(=O)CSc1nnc(CNC(=O)c2ccccc2F)n1C. The lowest BCUT2D eigenvalue weighted by molar-refractivity contribution is -0.384. The number of anilines is 1. The van der Waals surface area contributed by atoms with Crippen LogP contribution in [-0.2, 0) is 18.4 Å². The molecule has 0 aliphatic carbocycles. The second kappa shape index (κ2) is 10.0. The van der Waals surface area contributed by atoms with Gasteiger partial charge in [-0.1, -0.05) is 23.9 Å². The molecule has 0 unspecified atom stereocenters. The Kier molecular flexibility index (Phi) is 7.15. The number of non-ortho nitro benzene ring substituents is 1. The lowest BCUT2D eigenvalue weighted by Gasteiger charge is -2.08. The first-order chi connectivity index (χ1) is 15.3. The number of carbonyl (C=O) groups excluding carboxylic acids is 2. The van der Waals surface area contributed by atoms with Crippen LogP contribution in [0.2, 0.25) is 0 Å². The third-order valence-electron chi connectivity index (χ3n) is 4.48. The number of hydrogen-bond acceptors (Lipinski definition) is 7. The Hall–Kier alpha value is -3.80. The van der Waals surface area contributed by atoms with Crippen LogP contribution in [0.5, 0.6) is 0 Å². The number of rotatable bonds is 8. The number of amides is 2. The fourth-order valence-corrected chi connectivity index (χ4v) is 3.47. The maximum Gasteiger partial charge on any atom is 0.269 e. The molecule has 3 rings (SSSR count). The fraction of sp³-hybridized carbons (Fsp3) is 0.200. The summed E-state index contributed by atoms with van der Waals surface area (Å²) in [5, 5.41) is 24.6. The minimum absolute atomic E-state index is 0.0317. The molecule has 0 aliphatic rings. The highest BCUT2D eigenvalue weighted by Gasteiger charge is 2.15. The molecule has 2 aromatic carbocycles. The van der Waals surface area contributed by atoms with Crippen LogP contribution >= 0.6 is 11.8 Å². The number of nitrogens with one attached hydrogen (secondary N) is 2. The van der Waals surface area contributed by atoms with Crippen molar-refractivity contribution in [3.8, 4) is 0 Å². The quantitative estimate of drug-likeness (QED) is 0.301. The highest BCUT2D eigenvalue weighted by molar-refractivity contribution is 7.99. The summed E-state index contributed by atoms with van der Waals surface area (Å²) in [6.45, 7) is 1.70. The molecule has 0 atom stereocenters. The summed E-state index contributed by atoms with van der Waals surface area (Å²) in [4.78, 5) is 34.7. The number of halogens is 1. The first kappa shape index (κ1) is 22.9. The number of hydrogen-bond donors (Lipinski definition) is 2. The minimum Gasteiger partial charge on any atom is -0.345 e. The van der Waals surface area contributed by atoms with Gasteiger partial charge in [0, 0.05) is 24.9 Å². The zero-order chi connectivity index (χ0) is 23.3. The summed E-state index contributed by atoms with van der Waals surface area (Å²) < 4.78 is 15.3. The fourth-order valence-electron chi connectivity index (χ4n) is 2.74. The second-order valence-electron chi connectivity index (χ2n) is 6.71. The van der Waals surface area contributed by atoms with Crippen LogP contribution in [0.4, 0.5) is 15.8 Å². The van der Waals surface area contributed by atoms with Gasteiger partial charge in [0.2, 0.25) is 5.91 Å². The normalized spacial score (nSPS) is 10.6. The Labute approximate surface area is 186 Å². The summed E-state index contributed by atoms with van der Waals surface area (Å²) in [7, 11) is 1.69. The predicted molar refractivity (Wildman–Crippen MR) is 116 cm³/mol. The van der Waals surface area contributed by atoms with E-state index in [0.29, 0.717) is 22.2 Å². The highest BCUT2D eigenvalue weighted by atomic mass is 32.2. The Morgan fingerprint density at radius 2 is 1.97 bits per heavy atom. The molecule has 12 heteroatoms. The summed E-state index contributed by atoms with van der Waals surface area (Å²) in [5.41, 5.74) is 0.936. The van der Waals surface area contributed by atoms with Crippen LogP contribution < -0.4 is 10.6 Å². The lowest BCUT2D eigenvalue weighted by atomic mass is 10.2. The molecule has 0 aliphatic heterocycles. The van der Waals surface area contributed by atoms with Crippen molar-refractivity contribution in [3.63, 3.8) is 0 Å². The molecule has 2 N–H and O–H groups in total. The topological polar surface area (TPSA) is 132 Å². The molecule has 0 bridgehead atoms. The first-order valence-electron chi connectivity index (χ1n) is 9.35. The molecule has 0 fully saturated rings. The summed E-state index contributed by atoms with van der Waals surface area (Å²) in [6.07, 6.45) is 0. The first-order valence-corrected chi connectivity index (χ1v) is 10.3. The average molecular weight is 458 g/mol. The third-order valence-corrected chi connectivity index (χ3v) is 5.50. The maximum absolute atomic E-state index is 13.7. The van der Waals surface area contributed by atoms with Crippen LogP contribution in [0.3, 0.4) is 0 Å². The van der Waals surface area contributed by atoms with Crippen LogP contribution in [0.25, 0.3) is 0 Å². The van der Waals surface area contributed by atoms with E-state index in [2.05, 4.69) is 20.8 Å². The van der Waals surface area contributed by atoms with Crippen molar-refractivity contribution < 1.29 is 18.9 Å². The van der Waals surface area contributed by atoms with Gasteiger partial charge in [-0.05, 0) is 30.7 Å². The Bertz CT molecular complexity index is 1180. The van der Waals surface area contributed by atoms with Gasteiger partial charge < -0.3 is 15.2 Å². The van der Waals surface area contributed by atoms with Crippen molar-refractivity contribution in [1.82, 2.24) is 20.1 Å². The predicted octanol–water partition coefficient (Wildman–Crippen LogP) is 2.83. The molecule has 32 heavy (non-hydrogen) atoms. The van der Waals surface area contributed by atoms with Crippen molar-refractivity contribution in [2.75, 3.05) is 11.1 Å². The van der Waals surface area contributed by atoms with Gasteiger partial charge in [0.25, 0.3) is 11.6 Å². The van der Waals surface area contributed by atoms with Crippen molar-refractivity contribution in [3.05, 3.63) is 75.3 Å². The summed E-state index contributed by atoms with van der Waals surface area (Å²) in [6, 6.07) is 9.83. The van der Waals surface area contributed by atoms with Gasteiger partial charge in [-0.25, -0.2) is 4.39 Å². The molecule has 0 radical (unpaired) electrons. The zero-order valence-electron chi connectivity index (χ0n) is 17.2. The average Bonchev–Trinajstić information content (AvgIpc) is 3.11. The van der Waals surface area contributed by atoms with Crippen molar-refractivity contribution >= 4 is 35.0 Å².